The number of amides is 1. The largest absolute Gasteiger partial charge is 0.417 e. The zero-order valence-electron chi connectivity index (χ0n) is 29.5. The molecule has 0 aliphatic heterocycles. The monoisotopic (exact) mass is 681 g/mol. The zero-order chi connectivity index (χ0) is 35.0. The van der Waals surface area contributed by atoms with E-state index in [2.05, 4.69) is 84.4 Å². The average Bonchev–Trinajstić information content (AvgIpc) is 3.26. The third-order valence-corrected chi connectivity index (χ3v) is 14.5. The molecule has 0 aliphatic carbocycles. The van der Waals surface area contributed by atoms with E-state index in [0.29, 0.717) is 41.7 Å². The van der Waals surface area contributed by atoms with Crippen molar-refractivity contribution in [2.75, 3.05) is 30.4 Å². The molecule has 3 aromatic rings. The van der Waals surface area contributed by atoms with E-state index in [1.807, 2.05) is 13.0 Å². The van der Waals surface area contributed by atoms with Gasteiger partial charge < -0.3 is 25.1 Å². The Morgan fingerprint density at radius 3 is 2.51 bits per heavy atom. The maximum Gasteiger partial charge on any atom is 0.277 e. The van der Waals surface area contributed by atoms with Crippen molar-refractivity contribution >= 4 is 39.6 Å². The number of ether oxygens (including phenoxy) is 1. The lowest BCUT2D eigenvalue weighted by Gasteiger charge is -2.36. The number of nitrogens with zero attached hydrogens (tertiary/aromatic N) is 6. The lowest BCUT2D eigenvalue weighted by molar-refractivity contribution is 0.0703. The van der Waals surface area contributed by atoms with Crippen molar-refractivity contribution in [2.24, 2.45) is 7.05 Å². The van der Waals surface area contributed by atoms with Crippen molar-refractivity contribution in [2.45, 2.75) is 90.7 Å². The quantitative estimate of drug-likeness (QED) is 0.0992. The highest BCUT2D eigenvalue weighted by Crippen LogP contribution is 2.36. The van der Waals surface area contributed by atoms with E-state index in [9.17, 15) is 9.59 Å². The Labute approximate surface area is 280 Å². The van der Waals surface area contributed by atoms with E-state index in [1.165, 1.54) is 10.9 Å². The van der Waals surface area contributed by atoms with E-state index in [-0.39, 0.29) is 35.7 Å². The molecule has 0 saturated carbocycles. The Bertz CT molecular complexity index is 1620. The summed E-state index contributed by atoms with van der Waals surface area (Å²) < 4.78 is 15.4. The summed E-state index contributed by atoms with van der Waals surface area (Å²) in [5, 5.41) is 18.3. The van der Waals surface area contributed by atoms with Gasteiger partial charge in [0.15, 0.2) is 14.1 Å². The highest BCUT2D eigenvalue weighted by molar-refractivity contribution is 6.76. The molecule has 0 unspecified atom stereocenters. The van der Waals surface area contributed by atoms with Crippen molar-refractivity contribution in [1.82, 2.24) is 29.6 Å². The molecule has 15 heteroatoms. The first-order valence-corrected chi connectivity index (χ1v) is 22.5. The van der Waals surface area contributed by atoms with Crippen LogP contribution in [0.2, 0.25) is 43.8 Å². The van der Waals surface area contributed by atoms with Gasteiger partial charge in [-0.05, 0) is 43.6 Å². The van der Waals surface area contributed by atoms with Gasteiger partial charge in [-0.25, -0.2) is 15.0 Å². The number of aromatic nitrogens is 5. The van der Waals surface area contributed by atoms with Crippen LogP contribution < -0.4 is 21.5 Å². The summed E-state index contributed by atoms with van der Waals surface area (Å²) in [4.78, 5) is 39.3. The van der Waals surface area contributed by atoms with Crippen molar-refractivity contribution in [3.8, 4) is 17.5 Å². The van der Waals surface area contributed by atoms with E-state index in [1.54, 1.807) is 36.3 Å². The first kappa shape index (κ1) is 37.6. The van der Waals surface area contributed by atoms with Crippen LogP contribution in [-0.2, 0) is 22.9 Å². The number of hydrogen-bond acceptors (Lipinski definition) is 10. The minimum absolute atomic E-state index is 0.0250. The van der Waals surface area contributed by atoms with Crippen LogP contribution in [0.25, 0.3) is 11.4 Å². The first-order chi connectivity index (χ1) is 21.9. The van der Waals surface area contributed by atoms with Gasteiger partial charge in [-0.3, -0.25) is 19.0 Å². The molecule has 0 saturated heterocycles. The number of hydrogen-bond donors (Lipinski definition) is 3. The van der Waals surface area contributed by atoms with E-state index >= 15 is 0 Å². The van der Waals surface area contributed by atoms with Crippen LogP contribution in [-0.4, -0.2) is 72.4 Å². The number of nitriles is 1. The maximum absolute atomic E-state index is 13.1. The Hall–Kier alpha value is -3.85. The summed E-state index contributed by atoms with van der Waals surface area (Å²) in [5.74, 6) is 0.705. The van der Waals surface area contributed by atoms with Crippen LogP contribution in [0.3, 0.4) is 0 Å². The maximum atomic E-state index is 13.1. The summed E-state index contributed by atoms with van der Waals surface area (Å²) in [6, 6.07) is 6.34. The van der Waals surface area contributed by atoms with Crippen molar-refractivity contribution in [1.29, 1.82) is 5.26 Å². The second kappa shape index (κ2) is 15.8. The Kier molecular flexibility index (Phi) is 12.7. The molecule has 0 bridgehead atoms. The zero-order valence-corrected chi connectivity index (χ0v) is 31.5. The number of pyridine rings is 1. The van der Waals surface area contributed by atoms with Gasteiger partial charge in [-0.15, -0.1) is 0 Å². The molecule has 1 atom stereocenters. The Morgan fingerprint density at radius 1 is 1.13 bits per heavy atom. The number of rotatable bonds is 16. The number of anilines is 3. The Morgan fingerprint density at radius 2 is 1.85 bits per heavy atom. The molecule has 0 radical (unpaired) electrons. The summed E-state index contributed by atoms with van der Waals surface area (Å²) in [7, 11) is -1.43. The lowest BCUT2D eigenvalue weighted by Crippen LogP contribution is -2.41. The van der Waals surface area contributed by atoms with Crippen LogP contribution in [0, 0.1) is 11.3 Å². The van der Waals surface area contributed by atoms with Gasteiger partial charge in [0.1, 0.15) is 30.5 Å². The summed E-state index contributed by atoms with van der Waals surface area (Å²) >= 11 is 0. The SMILES string of the molecule is C[C@@H](CCO[Si](C)(C)C(C)(C)C)Nc1cc(Nc2ccnc(-c3cn(COCC[Si](C)(C)C)n(C)c3=O)n2)ncc1C(=O)NCC#N. The van der Waals surface area contributed by atoms with Crippen LogP contribution in [0.15, 0.2) is 35.5 Å². The van der Waals surface area contributed by atoms with Crippen molar-refractivity contribution in [3.63, 3.8) is 0 Å². The minimum atomic E-state index is -1.89. The van der Waals surface area contributed by atoms with E-state index < -0.39 is 22.3 Å². The van der Waals surface area contributed by atoms with E-state index in [0.717, 1.165) is 12.5 Å². The van der Waals surface area contributed by atoms with Gasteiger partial charge >= 0.3 is 0 Å². The van der Waals surface area contributed by atoms with Gasteiger partial charge in [0, 0.05) is 59.0 Å². The highest BCUT2D eigenvalue weighted by atomic mass is 28.4. The molecular weight excluding hydrogens is 631 g/mol. The predicted octanol–water partition coefficient (Wildman–Crippen LogP) is 5.56. The topological polar surface area (TPSA) is 161 Å². The molecule has 3 N–H and O–H groups in total. The molecule has 0 fully saturated rings. The Balaban J connectivity index is 1.79. The number of carbonyl (C=O) groups excluding carboxylic acids is 1. The van der Waals surface area contributed by atoms with Gasteiger partial charge in [-0.2, -0.15) is 5.26 Å². The fourth-order valence-corrected chi connectivity index (χ4v) is 5.99. The molecule has 3 rings (SSSR count). The van der Waals surface area contributed by atoms with E-state index in [4.69, 9.17) is 14.4 Å². The number of nitrogens with one attached hydrogen (secondary N) is 3. The third kappa shape index (κ3) is 10.8. The van der Waals surface area contributed by atoms with Crippen molar-refractivity contribution in [3.05, 3.63) is 46.6 Å². The predicted molar refractivity (Wildman–Crippen MR) is 191 cm³/mol. The third-order valence-electron chi connectivity index (χ3n) is 8.26. The fourth-order valence-electron chi connectivity index (χ4n) is 4.17. The van der Waals surface area contributed by atoms with Crippen LogP contribution in [0.1, 0.15) is 44.5 Å². The molecule has 3 aromatic heterocycles. The summed E-state index contributed by atoms with van der Waals surface area (Å²) in [5.41, 5.74) is 0.966. The van der Waals surface area contributed by atoms with Gasteiger partial charge in [-0.1, -0.05) is 40.4 Å². The van der Waals surface area contributed by atoms with Gasteiger partial charge in [0.2, 0.25) is 0 Å². The molecule has 256 valence electrons. The molecule has 0 aliphatic rings. The smallest absolute Gasteiger partial charge is 0.277 e. The van der Waals surface area contributed by atoms with Crippen LogP contribution in [0.5, 0.6) is 0 Å². The molecule has 3 heterocycles. The lowest BCUT2D eigenvalue weighted by atomic mass is 10.1. The second-order valence-corrected chi connectivity index (χ2v) is 24.9. The van der Waals surface area contributed by atoms with Gasteiger partial charge in [0.05, 0.1) is 17.3 Å². The molecule has 0 aromatic carbocycles. The fraction of sp³-hybridized carbons (Fsp3) is 0.562. The first-order valence-electron chi connectivity index (χ1n) is 15.9. The van der Waals surface area contributed by atoms with Crippen LogP contribution in [0.4, 0.5) is 17.3 Å². The summed E-state index contributed by atoms with van der Waals surface area (Å²) in [6.45, 7) is 21.3. The normalized spacial score (nSPS) is 12.8. The standard InChI is InChI=1S/C32H51N9O4Si2/c1-23(12-16-45-47(9,10)32(2,3)4)37-26-19-28(36-20-24(26)30(42)35-15-13-33)38-27-11-14-34-29(39-27)25-21-41(40(5)31(25)43)22-44-17-18-46(6,7)8/h11,14,19-21,23H,12,15-18,22H2,1-10H3,(H,35,42)(H2,34,36,37,38,39)/t23-/m0/s1. The summed E-state index contributed by atoms with van der Waals surface area (Å²) in [6.07, 6.45) is 5.45. The average molecular weight is 682 g/mol. The van der Waals surface area contributed by atoms with Gasteiger partial charge in [0.25, 0.3) is 11.5 Å². The molecule has 13 nitrogen and oxygen atoms in total. The van der Waals surface area contributed by atoms with Crippen molar-refractivity contribution < 1.29 is 14.0 Å². The molecule has 0 spiro atoms. The number of carbonyl (C=O) groups is 1. The molecule has 47 heavy (non-hydrogen) atoms. The molecule has 1 amide bonds. The van der Waals surface area contributed by atoms with Crippen LogP contribution >= 0.6 is 0 Å². The minimum Gasteiger partial charge on any atom is -0.417 e. The molecular formula is C32H51N9O4Si2. The highest BCUT2D eigenvalue weighted by Gasteiger charge is 2.37. The second-order valence-electron chi connectivity index (χ2n) is 14.4.